The van der Waals surface area contributed by atoms with Crippen LogP contribution >= 0.6 is 15.9 Å². The van der Waals surface area contributed by atoms with Gasteiger partial charge in [-0.2, -0.15) is 0 Å². The number of hydrogen-bond donors (Lipinski definition) is 0. The van der Waals surface area contributed by atoms with Gasteiger partial charge in [-0.25, -0.2) is 0 Å². The number of rotatable bonds is 3. The van der Waals surface area contributed by atoms with Crippen LogP contribution in [0.1, 0.15) is 39.5 Å². The Bertz CT molecular complexity index is 203. The molecule has 2 heteroatoms. The van der Waals surface area contributed by atoms with Gasteiger partial charge in [-0.05, 0) is 30.7 Å². The average molecular weight is 274 g/mol. The van der Waals surface area contributed by atoms with Crippen molar-refractivity contribution in [1.82, 2.24) is 4.90 Å². The summed E-state index contributed by atoms with van der Waals surface area (Å²) in [6, 6.07) is 0. The standard InChI is InChI=1S/C13H24BrN/c1-10(12-4-3-5-12)8-15-7-6-13(14)11(2)9-15/h10-13H,3-9H2,1-2H3. The maximum Gasteiger partial charge on any atom is 0.0195 e. The molecule has 1 aliphatic carbocycles. The fraction of sp³-hybridized carbons (Fsp3) is 1.00. The van der Waals surface area contributed by atoms with Gasteiger partial charge in [0.15, 0.2) is 0 Å². The molecule has 0 aromatic carbocycles. The SMILES string of the molecule is CC1CN(CC(C)C2CCC2)CCC1Br. The minimum absolute atomic E-state index is 0.757. The third kappa shape index (κ3) is 2.97. The highest BCUT2D eigenvalue weighted by atomic mass is 79.9. The van der Waals surface area contributed by atoms with Crippen LogP contribution in [0.25, 0.3) is 0 Å². The zero-order valence-electron chi connectivity index (χ0n) is 10.1. The first-order chi connectivity index (χ1) is 7.16. The van der Waals surface area contributed by atoms with Gasteiger partial charge in [-0.15, -0.1) is 0 Å². The normalized spacial score (nSPS) is 36.2. The third-order valence-corrected chi connectivity index (χ3v) is 5.75. The van der Waals surface area contributed by atoms with Crippen LogP contribution < -0.4 is 0 Å². The summed E-state index contributed by atoms with van der Waals surface area (Å²) in [5.41, 5.74) is 0. The van der Waals surface area contributed by atoms with Crippen LogP contribution in [-0.2, 0) is 0 Å². The Balaban J connectivity index is 1.74. The van der Waals surface area contributed by atoms with Crippen molar-refractivity contribution in [1.29, 1.82) is 0 Å². The second kappa shape index (κ2) is 5.18. The van der Waals surface area contributed by atoms with Crippen LogP contribution in [0.4, 0.5) is 0 Å². The highest BCUT2D eigenvalue weighted by molar-refractivity contribution is 9.09. The summed E-state index contributed by atoms with van der Waals surface area (Å²) < 4.78 is 0. The summed E-state index contributed by atoms with van der Waals surface area (Å²) in [7, 11) is 0. The highest BCUT2D eigenvalue weighted by Crippen LogP contribution is 2.34. The van der Waals surface area contributed by atoms with E-state index in [0.29, 0.717) is 0 Å². The van der Waals surface area contributed by atoms with Gasteiger partial charge in [0, 0.05) is 17.9 Å². The number of alkyl halides is 1. The van der Waals surface area contributed by atoms with Crippen molar-refractivity contribution < 1.29 is 0 Å². The second-order valence-electron chi connectivity index (χ2n) is 5.71. The van der Waals surface area contributed by atoms with Gasteiger partial charge in [0.2, 0.25) is 0 Å². The Labute approximate surface area is 103 Å². The van der Waals surface area contributed by atoms with Gasteiger partial charge in [0.25, 0.3) is 0 Å². The minimum Gasteiger partial charge on any atom is -0.303 e. The van der Waals surface area contributed by atoms with Gasteiger partial charge in [-0.1, -0.05) is 49.0 Å². The molecule has 1 saturated carbocycles. The number of likely N-dealkylation sites (tertiary alicyclic amines) is 1. The Morgan fingerprint density at radius 1 is 1.33 bits per heavy atom. The van der Waals surface area contributed by atoms with E-state index >= 15 is 0 Å². The molecule has 15 heavy (non-hydrogen) atoms. The maximum absolute atomic E-state index is 3.77. The highest BCUT2D eigenvalue weighted by Gasteiger charge is 2.28. The van der Waals surface area contributed by atoms with Crippen molar-refractivity contribution in [3.8, 4) is 0 Å². The van der Waals surface area contributed by atoms with Crippen molar-refractivity contribution in [2.45, 2.75) is 44.4 Å². The molecular formula is C13H24BrN. The molecule has 0 aromatic heterocycles. The smallest absolute Gasteiger partial charge is 0.0195 e. The quantitative estimate of drug-likeness (QED) is 0.712. The summed E-state index contributed by atoms with van der Waals surface area (Å²) >= 11 is 3.77. The van der Waals surface area contributed by atoms with Crippen molar-refractivity contribution in [3.63, 3.8) is 0 Å². The van der Waals surface area contributed by atoms with E-state index in [1.807, 2.05) is 0 Å². The van der Waals surface area contributed by atoms with E-state index < -0.39 is 0 Å². The van der Waals surface area contributed by atoms with Gasteiger partial charge in [0.1, 0.15) is 0 Å². The van der Waals surface area contributed by atoms with E-state index in [0.717, 1.165) is 22.6 Å². The van der Waals surface area contributed by atoms with Crippen LogP contribution in [0, 0.1) is 17.8 Å². The lowest BCUT2D eigenvalue weighted by Crippen LogP contribution is -2.43. The Hall–Kier alpha value is 0.440. The molecule has 2 aliphatic rings. The molecule has 1 saturated heterocycles. The van der Waals surface area contributed by atoms with E-state index in [4.69, 9.17) is 0 Å². The second-order valence-corrected chi connectivity index (χ2v) is 6.89. The van der Waals surface area contributed by atoms with Gasteiger partial charge < -0.3 is 4.90 Å². The predicted molar refractivity (Wildman–Crippen MR) is 69.4 cm³/mol. The number of hydrogen-bond acceptors (Lipinski definition) is 1. The fourth-order valence-electron chi connectivity index (χ4n) is 2.93. The van der Waals surface area contributed by atoms with Crippen molar-refractivity contribution in [2.75, 3.05) is 19.6 Å². The van der Waals surface area contributed by atoms with E-state index in [1.165, 1.54) is 45.3 Å². The first-order valence-corrected chi connectivity index (χ1v) is 7.45. The lowest BCUT2D eigenvalue weighted by atomic mass is 9.76. The topological polar surface area (TPSA) is 3.24 Å². The van der Waals surface area contributed by atoms with E-state index in [9.17, 15) is 0 Å². The fourth-order valence-corrected chi connectivity index (χ4v) is 3.31. The molecule has 3 unspecified atom stereocenters. The van der Waals surface area contributed by atoms with Crippen LogP contribution in [-0.4, -0.2) is 29.4 Å². The zero-order valence-corrected chi connectivity index (χ0v) is 11.7. The number of halogens is 1. The first-order valence-electron chi connectivity index (χ1n) is 6.53. The third-order valence-electron chi connectivity index (χ3n) is 4.39. The Morgan fingerprint density at radius 3 is 2.60 bits per heavy atom. The minimum atomic E-state index is 0.757. The molecule has 1 nitrogen and oxygen atoms in total. The monoisotopic (exact) mass is 273 g/mol. The first kappa shape index (κ1) is 11.9. The molecule has 0 radical (unpaired) electrons. The molecule has 88 valence electrons. The molecule has 1 heterocycles. The molecule has 0 amide bonds. The largest absolute Gasteiger partial charge is 0.303 e. The maximum atomic E-state index is 3.77. The summed E-state index contributed by atoms with van der Waals surface area (Å²) in [6.07, 6.45) is 5.80. The van der Waals surface area contributed by atoms with Crippen LogP contribution in [0.15, 0.2) is 0 Å². The zero-order chi connectivity index (χ0) is 10.8. The molecule has 0 aromatic rings. The van der Waals surface area contributed by atoms with Crippen LogP contribution in [0.3, 0.4) is 0 Å². The lowest BCUT2D eigenvalue weighted by molar-refractivity contribution is 0.120. The average Bonchev–Trinajstić information content (AvgIpc) is 2.08. The van der Waals surface area contributed by atoms with E-state index in [-0.39, 0.29) is 0 Å². The van der Waals surface area contributed by atoms with Crippen LogP contribution in [0.2, 0.25) is 0 Å². The summed E-state index contributed by atoms with van der Waals surface area (Å²) in [5.74, 6) is 2.80. The lowest BCUT2D eigenvalue weighted by Gasteiger charge is -2.39. The van der Waals surface area contributed by atoms with Crippen molar-refractivity contribution in [3.05, 3.63) is 0 Å². The molecule has 3 atom stereocenters. The van der Waals surface area contributed by atoms with Crippen molar-refractivity contribution >= 4 is 15.9 Å². The van der Waals surface area contributed by atoms with Crippen LogP contribution in [0.5, 0.6) is 0 Å². The molecule has 0 bridgehead atoms. The molecule has 0 spiro atoms. The predicted octanol–water partition coefficient (Wildman–Crippen LogP) is 3.53. The Kier molecular flexibility index (Phi) is 4.11. The summed E-state index contributed by atoms with van der Waals surface area (Å²) in [5, 5.41) is 0. The van der Waals surface area contributed by atoms with Gasteiger partial charge in [-0.3, -0.25) is 0 Å². The van der Waals surface area contributed by atoms with Gasteiger partial charge in [0.05, 0.1) is 0 Å². The molecule has 2 fully saturated rings. The van der Waals surface area contributed by atoms with Gasteiger partial charge >= 0.3 is 0 Å². The molecule has 2 rings (SSSR count). The molecule has 1 aliphatic heterocycles. The summed E-state index contributed by atoms with van der Waals surface area (Å²) in [4.78, 5) is 3.44. The van der Waals surface area contributed by atoms with E-state index in [2.05, 4.69) is 34.7 Å². The number of piperidine rings is 1. The van der Waals surface area contributed by atoms with Crippen molar-refractivity contribution in [2.24, 2.45) is 17.8 Å². The number of nitrogens with zero attached hydrogens (tertiary/aromatic N) is 1. The molecular weight excluding hydrogens is 250 g/mol. The summed E-state index contributed by atoms with van der Waals surface area (Å²) in [6.45, 7) is 8.77. The Morgan fingerprint density at radius 2 is 2.07 bits per heavy atom. The molecule has 0 N–H and O–H groups in total. The van der Waals surface area contributed by atoms with E-state index in [1.54, 1.807) is 0 Å².